The quantitative estimate of drug-likeness (QED) is 0.212. The molecule has 3 heteroatoms. The smallest absolute Gasteiger partial charge is 0.132 e. The molecule has 0 bridgehead atoms. The normalized spacial score (nSPS) is 14.3. The Morgan fingerprint density at radius 3 is 2.05 bits per heavy atom. The zero-order valence-electron chi connectivity index (χ0n) is 23.8. The topological polar surface area (TPSA) is 55.4 Å². The average Bonchev–Trinajstić information content (AvgIpc) is 3.35. The number of rotatable bonds is 5. The second-order valence-corrected chi connectivity index (χ2v) is 11.6. The molecule has 0 saturated carbocycles. The van der Waals surface area contributed by atoms with Gasteiger partial charge in [0, 0.05) is 28.3 Å². The van der Waals surface area contributed by atoms with Crippen molar-refractivity contribution in [2.45, 2.75) is 18.8 Å². The molecule has 6 aromatic rings. The molecule has 8 rings (SSSR count). The fourth-order valence-electron chi connectivity index (χ4n) is 7.27. The average molecular weight is 554 g/mol. The largest absolute Gasteiger partial charge is 0.807 e. The van der Waals surface area contributed by atoms with Crippen LogP contribution < -0.4 is 4.74 Å². The number of hydrogen-bond acceptors (Lipinski definition) is 2. The first-order valence-electron chi connectivity index (χ1n) is 14.8. The summed E-state index contributed by atoms with van der Waals surface area (Å²) in [5.41, 5.74) is 8.87. The maximum atomic E-state index is 11.6. The summed E-state index contributed by atoms with van der Waals surface area (Å²) in [5, 5.41) is 22.8. The van der Waals surface area contributed by atoms with Crippen LogP contribution in [0.1, 0.15) is 46.7 Å². The van der Waals surface area contributed by atoms with Crippen LogP contribution in [-0.2, 0) is 5.41 Å². The summed E-state index contributed by atoms with van der Waals surface area (Å²) < 4.78 is 6.52. The van der Waals surface area contributed by atoms with Gasteiger partial charge in [-0.25, -0.2) is 0 Å². The Morgan fingerprint density at radius 2 is 1.28 bits per heavy atom. The van der Waals surface area contributed by atoms with E-state index in [1.54, 1.807) is 0 Å². The van der Waals surface area contributed by atoms with E-state index in [9.17, 15) is 5.41 Å². The van der Waals surface area contributed by atoms with Crippen molar-refractivity contribution >= 4 is 22.2 Å². The van der Waals surface area contributed by atoms with Crippen LogP contribution in [-0.4, -0.2) is 11.4 Å². The molecule has 1 unspecified atom stereocenters. The molecule has 2 aliphatic rings. The molecule has 0 radical (unpaired) electrons. The Kier molecular flexibility index (Phi) is 5.70. The van der Waals surface area contributed by atoms with Crippen LogP contribution in [0, 0.1) is 11.3 Å². The van der Waals surface area contributed by atoms with Crippen LogP contribution in [0.15, 0.2) is 133 Å². The van der Waals surface area contributed by atoms with E-state index in [1.807, 2.05) is 55.5 Å². The minimum atomic E-state index is -0.574. The van der Waals surface area contributed by atoms with Crippen LogP contribution >= 0.6 is 0 Å². The summed E-state index contributed by atoms with van der Waals surface area (Å²) in [4.78, 5) is 0. The van der Waals surface area contributed by atoms with Crippen LogP contribution in [0.4, 0.5) is 0 Å². The van der Waals surface area contributed by atoms with Crippen molar-refractivity contribution in [1.82, 2.24) is 0 Å². The molecule has 1 N–H and O–H groups in total. The van der Waals surface area contributed by atoms with Crippen LogP contribution in [0.25, 0.3) is 27.3 Å². The second-order valence-electron chi connectivity index (χ2n) is 11.6. The Hall–Kier alpha value is -5.28. The van der Waals surface area contributed by atoms with Crippen LogP contribution in [0.2, 0.25) is 0 Å². The van der Waals surface area contributed by atoms with Gasteiger partial charge in [0.25, 0.3) is 0 Å². The Balaban J connectivity index is 1.23. The molecule has 1 aliphatic heterocycles. The molecule has 0 fully saturated rings. The van der Waals surface area contributed by atoms with Gasteiger partial charge in [-0.05, 0) is 63.2 Å². The van der Waals surface area contributed by atoms with E-state index in [0.717, 1.165) is 44.5 Å². The fourth-order valence-corrected chi connectivity index (χ4v) is 7.27. The van der Waals surface area contributed by atoms with E-state index in [2.05, 4.69) is 84.9 Å². The fraction of sp³-hybridized carbons (Fsp3) is 0.100. The van der Waals surface area contributed by atoms with E-state index < -0.39 is 5.41 Å². The van der Waals surface area contributed by atoms with Gasteiger partial charge in [0.2, 0.25) is 0 Å². The number of fused-ring (bicyclic) bond motifs is 10. The molecule has 0 saturated heterocycles. The highest BCUT2D eigenvalue weighted by Crippen LogP contribution is 2.62. The molecule has 1 spiro atoms. The lowest BCUT2D eigenvalue weighted by Gasteiger charge is -2.40. The summed E-state index contributed by atoms with van der Waals surface area (Å²) in [6.07, 6.45) is 0.360. The van der Waals surface area contributed by atoms with E-state index in [0.29, 0.717) is 12.1 Å². The summed E-state index contributed by atoms with van der Waals surface area (Å²) in [5.74, 6) is 1.46. The maximum Gasteiger partial charge on any atom is 0.132 e. The number of hydrogen-bond donors (Lipinski definition) is 1. The Morgan fingerprint density at radius 1 is 0.674 bits per heavy atom. The highest BCUT2D eigenvalue weighted by Gasteiger charge is 2.50. The molecule has 1 aliphatic carbocycles. The lowest BCUT2D eigenvalue weighted by atomic mass is 9.65. The first-order chi connectivity index (χ1) is 21.1. The third-order valence-corrected chi connectivity index (χ3v) is 9.25. The number of nitrogens with one attached hydrogen (secondary N) is 1. The van der Waals surface area contributed by atoms with Crippen molar-refractivity contribution in [2.24, 2.45) is 5.92 Å². The highest BCUT2D eigenvalue weighted by atomic mass is 16.5. The van der Waals surface area contributed by atoms with Crippen LogP contribution in [0.3, 0.4) is 0 Å². The van der Waals surface area contributed by atoms with Crippen LogP contribution in [0.5, 0.6) is 11.5 Å². The molecule has 6 aromatic carbocycles. The summed E-state index contributed by atoms with van der Waals surface area (Å²) in [6, 6.07) is 45.9. The SMILES string of the molecule is CC(CC(=[N-])c1ccc2c(c1)C1(c3ccccc3O2)c2ccccc2-c2ccccc21)C(=N)c1cccc2ccccc12. The van der Waals surface area contributed by atoms with Crippen molar-refractivity contribution in [3.05, 3.63) is 172 Å². The van der Waals surface area contributed by atoms with E-state index in [-0.39, 0.29) is 11.6 Å². The number of para-hydroxylation sites is 1. The Bertz CT molecular complexity index is 2060. The lowest BCUT2D eigenvalue weighted by Crippen LogP contribution is -2.32. The zero-order valence-corrected chi connectivity index (χ0v) is 23.8. The molecule has 1 heterocycles. The van der Waals surface area contributed by atoms with Gasteiger partial charge in [-0.1, -0.05) is 122 Å². The van der Waals surface area contributed by atoms with Crippen molar-refractivity contribution < 1.29 is 4.74 Å². The van der Waals surface area contributed by atoms with Gasteiger partial charge in [-0.3, -0.25) is 0 Å². The third-order valence-electron chi connectivity index (χ3n) is 9.25. The first kappa shape index (κ1) is 25.4. The predicted octanol–water partition coefficient (Wildman–Crippen LogP) is 9.76. The van der Waals surface area contributed by atoms with Crippen molar-refractivity contribution in [2.75, 3.05) is 0 Å². The third kappa shape index (κ3) is 3.68. The molecule has 3 nitrogen and oxygen atoms in total. The molecular weight excluding hydrogens is 524 g/mol. The van der Waals surface area contributed by atoms with Gasteiger partial charge in [-0.2, -0.15) is 5.71 Å². The highest BCUT2D eigenvalue weighted by molar-refractivity contribution is 6.13. The van der Waals surface area contributed by atoms with Crippen molar-refractivity contribution in [3.8, 4) is 22.6 Å². The minimum Gasteiger partial charge on any atom is -0.807 e. The van der Waals surface area contributed by atoms with Gasteiger partial charge in [-0.15, -0.1) is 0 Å². The van der Waals surface area contributed by atoms with E-state index in [1.165, 1.54) is 22.3 Å². The summed E-state index contributed by atoms with van der Waals surface area (Å²) in [7, 11) is 0. The van der Waals surface area contributed by atoms with Gasteiger partial charge in [0.05, 0.1) is 5.41 Å². The zero-order chi connectivity index (χ0) is 29.1. The van der Waals surface area contributed by atoms with Crippen molar-refractivity contribution in [3.63, 3.8) is 0 Å². The molecule has 1 atom stereocenters. The van der Waals surface area contributed by atoms with Gasteiger partial charge in [0.15, 0.2) is 0 Å². The Labute approximate surface area is 251 Å². The lowest BCUT2D eigenvalue weighted by molar-refractivity contribution is 0.436. The first-order valence-corrected chi connectivity index (χ1v) is 14.8. The predicted molar refractivity (Wildman–Crippen MR) is 176 cm³/mol. The standard InChI is InChI=1S/C40H29N2O/c1-25(39(42)31-16-10-12-26-11-2-3-13-28(26)31)23-36(41)27-21-22-38-35(24-27)40(34-19-8-9-20-37(34)43-38)32-17-6-4-14-29(32)30-15-5-7-18-33(30)40/h2-22,24-25,42H,23H2,1H3/q-1. The summed E-state index contributed by atoms with van der Waals surface area (Å²) in [6.45, 7) is 2.02. The number of benzene rings is 6. The van der Waals surface area contributed by atoms with E-state index >= 15 is 0 Å². The second kappa shape index (κ2) is 9.64. The molecular formula is C40H29N2O-. The monoisotopic (exact) mass is 553 g/mol. The molecule has 0 aromatic heterocycles. The number of nitrogens with zero attached hydrogens (tertiary/aromatic N) is 1. The minimum absolute atomic E-state index is 0.180. The van der Waals surface area contributed by atoms with Gasteiger partial charge in [0.1, 0.15) is 11.5 Å². The van der Waals surface area contributed by atoms with Gasteiger partial charge >= 0.3 is 0 Å². The molecule has 0 amide bonds. The molecule has 206 valence electrons. The van der Waals surface area contributed by atoms with E-state index in [4.69, 9.17) is 10.1 Å². The van der Waals surface area contributed by atoms with Gasteiger partial charge < -0.3 is 15.6 Å². The maximum absolute atomic E-state index is 11.6. The molecule has 43 heavy (non-hydrogen) atoms. The summed E-state index contributed by atoms with van der Waals surface area (Å²) >= 11 is 0. The van der Waals surface area contributed by atoms with Crippen molar-refractivity contribution in [1.29, 1.82) is 5.41 Å². The number of ether oxygens (including phenoxy) is 1.